The van der Waals surface area contributed by atoms with E-state index in [1.165, 1.54) is 6.33 Å². The zero-order valence-electron chi connectivity index (χ0n) is 20.2. The maximum Gasteiger partial charge on any atom is 0.167 e. The third kappa shape index (κ3) is 3.67. The summed E-state index contributed by atoms with van der Waals surface area (Å²) in [5, 5.41) is 34.4. The molecule has 7 rings (SSSR count). The minimum Gasteiger partial charge on any atom is -0.394 e. The molecular formula is C27H24N8O3. The van der Waals surface area contributed by atoms with Crippen LogP contribution in [0.2, 0.25) is 0 Å². The fourth-order valence-corrected chi connectivity index (χ4v) is 5.19. The topological polar surface area (TPSA) is 136 Å². The molecule has 0 radical (unpaired) electrons. The Morgan fingerprint density at radius 1 is 1.00 bits per heavy atom. The molecule has 3 aromatic carbocycles. The summed E-state index contributed by atoms with van der Waals surface area (Å²) < 4.78 is 9.45. The molecule has 11 heteroatoms. The molecule has 3 aromatic heterocycles. The van der Waals surface area contributed by atoms with Crippen LogP contribution in [0, 0.1) is 0 Å². The van der Waals surface area contributed by atoms with Crippen molar-refractivity contribution < 1.29 is 14.9 Å². The Morgan fingerprint density at radius 3 is 2.74 bits per heavy atom. The SMILES string of the molecule is OC[C@H]1O[C@@H](n2cnc3c(NC(c4cccc5ccccc45)n4nnc5ccccc54)ncnc32)C[C@@H]1O. The van der Waals surface area contributed by atoms with Gasteiger partial charge < -0.3 is 20.3 Å². The lowest BCUT2D eigenvalue weighted by molar-refractivity contribution is -0.0432. The number of nitrogens with one attached hydrogen (secondary N) is 1. The van der Waals surface area contributed by atoms with Crippen LogP contribution < -0.4 is 5.32 Å². The standard InChI is InChI=1S/C27H24N8O3/c36-13-22-21(37)12-23(38-22)34-15-30-24-25(28-14-29-27(24)34)31-26(35-20-11-4-3-10-19(20)32-33-35)18-9-5-7-16-6-1-2-8-17(16)18/h1-11,14-15,21-23,26,36-37H,12-13H2,(H,28,29,31)/t21-,22+,23+,26?/m0/s1. The van der Waals surface area contributed by atoms with Crippen LogP contribution in [0.25, 0.3) is 33.0 Å². The molecule has 38 heavy (non-hydrogen) atoms. The Hall–Kier alpha value is -4.45. The zero-order valence-corrected chi connectivity index (χ0v) is 20.2. The molecule has 4 atom stereocenters. The Balaban J connectivity index is 1.35. The number of imidazole rings is 1. The molecule has 0 amide bonds. The normalized spacial score (nSPS) is 20.4. The van der Waals surface area contributed by atoms with E-state index in [4.69, 9.17) is 4.74 Å². The van der Waals surface area contributed by atoms with Gasteiger partial charge in [-0.05, 0) is 22.9 Å². The van der Waals surface area contributed by atoms with Crippen molar-refractivity contribution in [3.05, 3.63) is 84.9 Å². The van der Waals surface area contributed by atoms with Crippen molar-refractivity contribution in [1.82, 2.24) is 34.5 Å². The van der Waals surface area contributed by atoms with Crippen LogP contribution in [-0.4, -0.2) is 63.5 Å². The van der Waals surface area contributed by atoms with Gasteiger partial charge in [0.15, 0.2) is 23.1 Å². The molecule has 1 aliphatic heterocycles. The van der Waals surface area contributed by atoms with Crippen LogP contribution >= 0.6 is 0 Å². The Labute approximate surface area is 216 Å². The number of aromatic nitrogens is 7. The monoisotopic (exact) mass is 508 g/mol. The van der Waals surface area contributed by atoms with Gasteiger partial charge in [0.25, 0.3) is 0 Å². The summed E-state index contributed by atoms with van der Waals surface area (Å²) >= 11 is 0. The Kier molecular flexibility index (Phi) is 5.46. The molecular weight excluding hydrogens is 484 g/mol. The summed E-state index contributed by atoms with van der Waals surface area (Å²) in [7, 11) is 0. The van der Waals surface area contributed by atoms with Gasteiger partial charge in [-0.2, -0.15) is 0 Å². The van der Waals surface area contributed by atoms with Crippen molar-refractivity contribution >= 4 is 38.8 Å². The van der Waals surface area contributed by atoms with E-state index in [-0.39, 0.29) is 6.61 Å². The predicted octanol–water partition coefficient (Wildman–Crippen LogP) is 3.02. The number of aliphatic hydroxyl groups is 2. The van der Waals surface area contributed by atoms with Gasteiger partial charge in [0, 0.05) is 12.0 Å². The molecule has 4 heterocycles. The molecule has 1 aliphatic rings. The van der Waals surface area contributed by atoms with Gasteiger partial charge in [-0.1, -0.05) is 59.8 Å². The number of ether oxygens (including phenoxy) is 1. The van der Waals surface area contributed by atoms with Gasteiger partial charge in [0.1, 0.15) is 24.2 Å². The number of fused-ring (bicyclic) bond motifs is 3. The second kappa shape index (κ2) is 9.14. The maximum absolute atomic E-state index is 10.2. The highest BCUT2D eigenvalue weighted by Gasteiger charge is 2.35. The highest BCUT2D eigenvalue weighted by atomic mass is 16.5. The van der Waals surface area contributed by atoms with Crippen molar-refractivity contribution in [3.8, 4) is 0 Å². The average molecular weight is 509 g/mol. The third-order valence-corrected chi connectivity index (χ3v) is 7.07. The van der Waals surface area contributed by atoms with E-state index < -0.39 is 24.6 Å². The second-order valence-electron chi connectivity index (χ2n) is 9.30. The van der Waals surface area contributed by atoms with E-state index in [1.807, 2.05) is 47.1 Å². The average Bonchev–Trinajstić information content (AvgIpc) is 3.68. The molecule has 1 fully saturated rings. The Morgan fingerprint density at radius 2 is 1.84 bits per heavy atom. The van der Waals surface area contributed by atoms with Crippen LogP contribution in [0.5, 0.6) is 0 Å². The van der Waals surface area contributed by atoms with Crippen LogP contribution in [-0.2, 0) is 4.74 Å². The van der Waals surface area contributed by atoms with Crippen molar-refractivity contribution in [3.63, 3.8) is 0 Å². The molecule has 6 aromatic rings. The van der Waals surface area contributed by atoms with Gasteiger partial charge in [0.05, 0.1) is 24.6 Å². The fraction of sp³-hybridized carbons (Fsp3) is 0.222. The van der Waals surface area contributed by atoms with E-state index in [2.05, 4.69) is 54.8 Å². The van der Waals surface area contributed by atoms with Gasteiger partial charge in [-0.25, -0.2) is 19.6 Å². The van der Waals surface area contributed by atoms with Crippen molar-refractivity contribution in [2.24, 2.45) is 0 Å². The summed E-state index contributed by atoms with van der Waals surface area (Å²) in [6.45, 7) is -0.259. The van der Waals surface area contributed by atoms with Crippen molar-refractivity contribution in [1.29, 1.82) is 0 Å². The molecule has 0 saturated carbocycles. The first-order valence-corrected chi connectivity index (χ1v) is 12.4. The highest BCUT2D eigenvalue weighted by molar-refractivity contribution is 5.88. The van der Waals surface area contributed by atoms with Crippen LogP contribution in [0.4, 0.5) is 5.82 Å². The maximum atomic E-state index is 10.2. The summed E-state index contributed by atoms with van der Waals surface area (Å²) in [5.74, 6) is 0.517. The lowest BCUT2D eigenvalue weighted by Crippen LogP contribution is -2.24. The summed E-state index contributed by atoms with van der Waals surface area (Å²) in [6, 6.07) is 22.2. The van der Waals surface area contributed by atoms with Gasteiger partial charge >= 0.3 is 0 Å². The minimum absolute atomic E-state index is 0.259. The van der Waals surface area contributed by atoms with Crippen LogP contribution in [0.15, 0.2) is 79.4 Å². The van der Waals surface area contributed by atoms with Gasteiger partial charge in [-0.3, -0.25) is 4.57 Å². The van der Waals surface area contributed by atoms with E-state index in [9.17, 15) is 10.2 Å². The number of hydrogen-bond acceptors (Lipinski definition) is 9. The molecule has 0 bridgehead atoms. The molecule has 190 valence electrons. The summed E-state index contributed by atoms with van der Waals surface area (Å²) in [4.78, 5) is 13.6. The molecule has 11 nitrogen and oxygen atoms in total. The zero-order chi connectivity index (χ0) is 25.6. The lowest BCUT2D eigenvalue weighted by Gasteiger charge is -2.22. The first-order chi connectivity index (χ1) is 18.7. The first-order valence-electron chi connectivity index (χ1n) is 12.4. The molecule has 0 spiro atoms. The second-order valence-corrected chi connectivity index (χ2v) is 9.30. The number of hydrogen-bond donors (Lipinski definition) is 3. The lowest BCUT2D eigenvalue weighted by atomic mass is 10.0. The van der Waals surface area contributed by atoms with Crippen molar-refractivity contribution in [2.45, 2.75) is 31.0 Å². The van der Waals surface area contributed by atoms with E-state index in [1.54, 1.807) is 10.9 Å². The first kappa shape index (κ1) is 22.7. The highest BCUT2D eigenvalue weighted by Crippen LogP contribution is 2.34. The minimum atomic E-state index is -0.766. The fourth-order valence-electron chi connectivity index (χ4n) is 5.19. The van der Waals surface area contributed by atoms with Gasteiger partial charge in [-0.15, -0.1) is 5.10 Å². The predicted molar refractivity (Wildman–Crippen MR) is 140 cm³/mol. The third-order valence-electron chi connectivity index (χ3n) is 7.07. The largest absolute Gasteiger partial charge is 0.394 e. The number of anilines is 1. The summed E-state index contributed by atoms with van der Waals surface area (Å²) in [5.41, 5.74) is 3.76. The van der Waals surface area contributed by atoms with E-state index in [0.29, 0.717) is 23.4 Å². The number of benzene rings is 3. The van der Waals surface area contributed by atoms with Crippen molar-refractivity contribution in [2.75, 3.05) is 11.9 Å². The summed E-state index contributed by atoms with van der Waals surface area (Å²) in [6.07, 6.45) is 1.05. The molecule has 0 aliphatic carbocycles. The smallest absolute Gasteiger partial charge is 0.167 e. The number of nitrogens with zero attached hydrogens (tertiary/aromatic N) is 7. The molecule has 3 N–H and O–H groups in total. The number of aliphatic hydroxyl groups excluding tert-OH is 2. The molecule has 1 unspecified atom stereocenters. The van der Waals surface area contributed by atoms with Crippen LogP contribution in [0.3, 0.4) is 0 Å². The van der Waals surface area contributed by atoms with E-state index >= 15 is 0 Å². The van der Waals surface area contributed by atoms with Gasteiger partial charge in [0.2, 0.25) is 0 Å². The number of para-hydroxylation sites is 1. The van der Waals surface area contributed by atoms with Crippen LogP contribution in [0.1, 0.15) is 24.4 Å². The molecule has 1 saturated heterocycles. The van der Waals surface area contributed by atoms with E-state index in [0.717, 1.165) is 27.4 Å². The Bertz CT molecular complexity index is 1760. The number of rotatable bonds is 6. The quantitative estimate of drug-likeness (QED) is 0.310.